The minimum atomic E-state index is -1.11. The number of rotatable bonds is 5. The van der Waals surface area contributed by atoms with Crippen molar-refractivity contribution >= 4 is 17.6 Å². The molecule has 0 amide bonds. The molecule has 0 spiro atoms. The third-order valence-corrected chi connectivity index (χ3v) is 2.47. The van der Waals surface area contributed by atoms with Crippen molar-refractivity contribution in [1.29, 1.82) is 0 Å². The van der Waals surface area contributed by atoms with Gasteiger partial charge in [0.05, 0.1) is 6.61 Å². The second-order valence-corrected chi connectivity index (χ2v) is 3.92. The summed E-state index contributed by atoms with van der Waals surface area (Å²) >= 11 is 5.80. The largest absolute Gasteiger partial charge is 0.493 e. The average molecular weight is 268 g/mol. The van der Waals surface area contributed by atoms with Gasteiger partial charge in [0.1, 0.15) is 11.5 Å². The van der Waals surface area contributed by atoms with E-state index in [1.165, 1.54) is 0 Å². The van der Waals surface area contributed by atoms with Gasteiger partial charge in [-0.1, -0.05) is 17.7 Å². The van der Waals surface area contributed by atoms with Crippen LogP contribution in [0.5, 0.6) is 5.75 Å². The number of carbonyl (C=O) groups is 1. The van der Waals surface area contributed by atoms with Crippen LogP contribution in [-0.2, 0) is 6.42 Å². The molecular formula is C12H10ClNO4. The van der Waals surface area contributed by atoms with Crippen LogP contribution in [-0.4, -0.2) is 22.7 Å². The second-order valence-electron chi connectivity index (χ2n) is 3.49. The Bertz CT molecular complexity index is 553. The molecule has 0 atom stereocenters. The number of carboxylic acids is 1. The summed E-state index contributed by atoms with van der Waals surface area (Å²) in [6.45, 7) is 0.288. The zero-order chi connectivity index (χ0) is 13.0. The lowest BCUT2D eigenvalue weighted by atomic mass is 10.3. The van der Waals surface area contributed by atoms with Gasteiger partial charge in [0.2, 0.25) is 0 Å². The summed E-state index contributed by atoms with van der Waals surface area (Å²) in [6.07, 6.45) is 1.44. The minimum absolute atomic E-state index is 0.0790. The fraction of sp³-hybridized carbons (Fsp3) is 0.167. The van der Waals surface area contributed by atoms with Crippen LogP contribution in [0.15, 0.2) is 35.1 Å². The van der Waals surface area contributed by atoms with Crippen LogP contribution in [0.2, 0.25) is 5.02 Å². The van der Waals surface area contributed by atoms with Crippen molar-refractivity contribution in [1.82, 2.24) is 4.98 Å². The number of halogens is 1. The van der Waals surface area contributed by atoms with E-state index in [1.807, 2.05) is 0 Å². The number of oxazole rings is 1. The summed E-state index contributed by atoms with van der Waals surface area (Å²) in [5, 5.41) is 9.41. The van der Waals surface area contributed by atoms with Crippen LogP contribution >= 0.6 is 11.6 Å². The molecule has 0 fully saturated rings. The molecule has 1 heterocycles. The van der Waals surface area contributed by atoms with Gasteiger partial charge in [-0.05, 0) is 18.2 Å². The predicted molar refractivity (Wildman–Crippen MR) is 64.1 cm³/mol. The zero-order valence-corrected chi connectivity index (χ0v) is 10.1. The van der Waals surface area contributed by atoms with Crippen LogP contribution < -0.4 is 4.74 Å². The first-order valence-corrected chi connectivity index (χ1v) is 5.58. The van der Waals surface area contributed by atoms with E-state index in [0.29, 0.717) is 23.0 Å². The third kappa shape index (κ3) is 3.01. The van der Waals surface area contributed by atoms with Crippen LogP contribution in [0.1, 0.15) is 16.2 Å². The molecule has 2 rings (SSSR count). The normalized spacial score (nSPS) is 10.3. The Kier molecular flexibility index (Phi) is 3.84. The predicted octanol–water partition coefficient (Wildman–Crippen LogP) is 2.65. The Balaban J connectivity index is 1.92. The molecule has 0 aliphatic heterocycles. The van der Waals surface area contributed by atoms with E-state index in [0.717, 1.165) is 6.39 Å². The second kappa shape index (κ2) is 5.55. The lowest BCUT2D eigenvalue weighted by Gasteiger charge is -2.05. The highest BCUT2D eigenvalue weighted by atomic mass is 35.5. The van der Waals surface area contributed by atoms with Crippen LogP contribution in [0, 0.1) is 0 Å². The first kappa shape index (κ1) is 12.4. The van der Waals surface area contributed by atoms with Gasteiger partial charge in [0.25, 0.3) is 0 Å². The number of carboxylic acid groups (broad SMARTS) is 1. The van der Waals surface area contributed by atoms with Crippen molar-refractivity contribution in [3.63, 3.8) is 0 Å². The molecule has 94 valence electrons. The standard InChI is InChI=1S/C12H10ClNO4/c13-8-2-1-3-9(6-8)17-5-4-10-11(12(15)16)14-7-18-10/h1-3,6-7H,4-5H2,(H,15,16). The van der Waals surface area contributed by atoms with Crippen LogP contribution in [0.3, 0.4) is 0 Å². The fourth-order valence-corrected chi connectivity index (χ4v) is 1.62. The van der Waals surface area contributed by atoms with E-state index >= 15 is 0 Å². The Morgan fingerprint density at radius 1 is 1.50 bits per heavy atom. The van der Waals surface area contributed by atoms with Crippen molar-refractivity contribution in [3.8, 4) is 5.75 Å². The number of aromatic carboxylic acids is 1. The smallest absolute Gasteiger partial charge is 0.358 e. The summed E-state index contributed by atoms with van der Waals surface area (Å²) in [7, 11) is 0. The number of hydrogen-bond acceptors (Lipinski definition) is 4. The highest BCUT2D eigenvalue weighted by molar-refractivity contribution is 6.30. The number of benzene rings is 1. The highest BCUT2D eigenvalue weighted by Gasteiger charge is 2.14. The maximum atomic E-state index is 10.8. The molecular weight excluding hydrogens is 258 g/mol. The lowest BCUT2D eigenvalue weighted by molar-refractivity contribution is 0.0688. The molecule has 0 bridgehead atoms. The van der Waals surface area contributed by atoms with Gasteiger partial charge in [-0.2, -0.15) is 0 Å². The molecule has 2 aromatic rings. The van der Waals surface area contributed by atoms with Gasteiger partial charge in [0, 0.05) is 11.4 Å². The first-order valence-electron chi connectivity index (χ1n) is 5.21. The summed E-state index contributed by atoms with van der Waals surface area (Å²) in [5.41, 5.74) is -0.0790. The zero-order valence-electron chi connectivity index (χ0n) is 9.30. The van der Waals surface area contributed by atoms with Crippen molar-refractivity contribution in [2.75, 3.05) is 6.61 Å². The first-order chi connectivity index (χ1) is 8.66. The molecule has 5 nitrogen and oxygen atoms in total. The van der Waals surface area contributed by atoms with E-state index in [9.17, 15) is 4.79 Å². The number of nitrogens with zero attached hydrogens (tertiary/aromatic N) is 1. The van der Waals surface area contributed by atoms with Crippen molar-refractivity contribution in [2.24, 2.45) is 0 Å². The Morgan fingerprint density at radius 2 is 2.33 bits per heavy atom. The SMILES string of the molecule is O=C(O)c1ncoc1CCOc1cccc(Cl)c1. The van der Waals surface area contributed by atoms with Gasteiger partial charge in [-0.25, -0.2) is 9.78 Å². The van der Waals surface area contributed by atoms with E-state index in [-0.39, 0.29) is 12.3 Å². The van der Waals surface area contributed by atoms with Gasteiger partial charge < -0.3 is 14.3 Å². The third-order valence-electron chi connectivity index (χ3n) is 2.24. The van der Waals surface area contributed by atoms with Crippen molar-refractivity contribution in [3.05, 3.63) is 47.1 Å². The maximum absolute atomic E-state index is 10.8. The van der Waals surface area contributed by atoms with Crippen LogP contribution in [0.4, 0.5) is 0 Å². The molecule has 1 N–H and O–H groups in total. The van der Waals surface area contributed by atoms with E-state index in [2.05, 4.69) is 4.98 Å². The van der Waals surface area contributed by atoms with Gasteiger partial charge >= 0.3 is 5.97 Å². The van der Waals surface area contributed by atoms with E-state index in [4.69, 9.17) is 25.9 Å². The summed E-state index contributed by atoms with van der Waals surface area (Å²) in [4.78, 5) is 14.4. The lowest BCUT2D eigenvalue weighted by Crippen LogP contribution is -2.06. The van der Waals surface area contributed by atoms with Gasteiger partial charge in [-0.3, -0.25) is 0 Å². The molecule has 0 saturated heterocycles. The minimum Gasteiger partial charge on any atom is -0.493 e. The Labute approximate surface area is 108 Å². The van der Waals surface area contributed by atoms with Crippen molar-refractivity contribution in [2.45, 2.75) is 6.42 Å². The van der Waals surface area contributed by atoms with E-state index in [1.54, 1.807) is 24.3 Å². The quantitative estimate of drug-likeness (QED) is 0.901. The average Bonchev–Trinajstić information content (AvgIpc) is 2.77. The number of aromatic nitrogens is 1. The molecule has 1 aromatic heterocycles. The van der Waals surface area contributed by atoms with Gasteiger partial charge in [0.15, 0.2) is 12.1 Å². The molecule has 6 heteroatoms. The summed E-state index contributed by atoms with van der Waals surface area (Å²) < 4.78 is 10.4. The van der Waals surface area contributed by atoms with Crippen molar-refractivity contribution < 1.29 is 19.1 Å². The molecule has 1 aromatic carbocycles. The molecule has 0 radical (unpaired) electrons. The summed E-state index contributed by atoms with van der Waals surface area (Å²) in [6, 6.07) is 6.96. The summed E-state index contributed by atoms with van der Waals surface area (Å²) in [5.74, 6) is -0.190. The topological polar surface area (TPSA) is 72.6 Å². The Morgan fingerprint density at radius 3 is 3.06 bits per heavy atom. The monoisotopic (exact) mass is 267 g/mol. The molecule has 18 heavy (non-hydrogen) atoms. The molecule has 0 saturated carbocycles. The van der Waals surface area contributed by atoms with Gasteiger partial charge in [-0.15, -0.1) is 0 Å². The van der Waals surface area contributed by atoms with Crippen LogP contribution in [0.25, 0.3) is 0 Å². The molecule has 0 unspecified atom stereocenters. The van der Waals surface area contributed by atoms with E-state index < -0.39 is 5.97 Å². The fourth-order valence-electron chi connectivity index (χ4n) is 1.44. The number of ether oxygens (including phenoxy) is 1. The molecule has 0 aliphatic carbocycles. The highest BCUT2D eigenvalue weighted by Crippen LogP contribution is 2.17. The number of hydrogen-bond donors (Lipinski definition) is 1. The maximum Gasteiger partial charge on any atom is 0.358 e. The Hall–Kier alpha value is -2.01. The molecule has 0 aliphatic rings.